The fourth-order valence-electron chi connectivity index (χ4n) is 2.91. The van der Waals surface area contributed by atoms with E-state index in [9.17, 15) is 9.59 Å². The first kappa shape index (κ1) is 23.3. The molecule has 0 bridgehead atoms. The SMILES string of the molecule is CC[C@@H](C)NC(=O)[C@@H](C)N(Cc1ccc(OC)cc1)C(=O)COc1cccc(C)c1. The first-order valence-corrected chi connectivity index (χ1v) is 10.3. The zero-order valence-electron chi connectivity index (χ0n) is 18.5. The molecular formula is C24H32N2O4. The van der Waals surface area contributed by atoms with Crippen LogP contribution in [0.15, 0.2) is 48.5 Å². The van der Waals surface area contributed by atoms with Crippen molar-refractivity contribution >= 4 is 11.8 Å². The zero-order valence-corrected chi connectivity index (χ0v) is 18.5. The van der Waals surface area contributed by atoms with Crippen LogP contribution in [0.1, 0.15) is 38.3 Å². The van der Waals surface area contributed by atoms with E-state index in [0.29, 0.717) is 12.3 Å². The average Bonchev–Trinajstić information content (AvgIpc) is 2.75. The molecule has 0 spiro atoms. The molecule has 2 aromatic rings. The Morgan fingerprint density at radius 3 is 2.37 bits per heavy atom. The van der Waals surface area contributed by atoms with Crippen molar-refractivity contribution in [1.82, 2.24) is 10.2 Å². The van der Waals surface area contributed by atoms with Gasteiger partial charge < -0.3 is 19.7 Å². The minimum Gasteiger partial charge on any atom is -0.497 e. The lowest BCUT2D eigenvalue weighted by Gasteiger charge is -2.29. The van der Waals surface area contributed by atoms with Gasteiger partial charge in [-0.3, -0.25) is 9.59 Å². The van der Waals surface area contributed by atoms with Gasteiger partial charge in [0, 0.05) is 12.6 Å². The first-order chi connectivity index (χ1) is 14.3. The molecule has 2 aromatic carbocycles. The molecule has 0 aromatic heterocycles. The molecule has 1 N–H and O–H groups in total. The summed E-state index contributed by atoms with van der Waals surface area (Å²) in [4.78, 5) is 27.3. The Balaban J connectivity index is 2.15. The number of rotatable bonds is 10. The van der Waals surface area contributed by atoms with Gasteiger partial charge in [-0.15, -0.1) is 0 Å². The summed E-state index contributed by atoms with van der Waals surface area (Å²) in [5, 5.41) is 2.96. The van der Waals surface area contributed by atoms with Crippen molar-refractivity contribution < 1.29 is 19.1 Å². The highest BCUT2D eigenvalue weighted by molar-refractivity contribution is 5.88. The Morgan fingerprint density at radius 2 is 1.77 bits per heavy atom. The van der Waals surface area contributed by atoms with Crippen molar-refractivity contribution in [2.45, 2.75) is 52.7 Å². The molecule has 0 fully saturated rings. The molecule has 0 saturated heterocycles. The summed E-state index contributed by atoms with van der Waals surface area (Å²) in [6.45, 7) is 7.82. The number of methoxy groups -OCH3 is 1. The third-order valence-electron chi connectivity index (χ3n) is 5.03. The Morgan fingerprint density at radius 1 is 1.07 bits per heavy atom. The van der Waals surface area contributed by atoms with Crippen molar-refractivity contribution in [2.75, 3.05) is 13.7 Å². The van der Waals surface area contributed by atoms with Crippen molar-refractivity contribution in [3.8, 4) is 11.5 Å². The summed E-state index contributed by atoms with van der Waals surface area (Å²) in [5.41, 5.74) is 1.96. The lowest BCUT2D eigenvalue weighted by molar-refractivity contribution is -0.142. The van der Waals surface area contributed by atoms with Crippen LogP contribution in [0.3, 0.4) is 0 Å². The molecule has 0 aliphatic rings. The highest BCUT2D eigenvalue weighted by Crippen LogP contribution is 2.16. The first-order valence-electron chi connectivity index (χ1n) is 10.3. The molecule has 0 unspecified atom stereocenters. The third kappa shape index (κ3) is 6.79. The normalized spacial score (nSPS) is 12.6. The van der Waals surface area contributed by atoms with E-state index in [4.69, 9.17) is 9.47 Å². The smallest absolute Gasteiger partial charge is 0.261 e. The van der Waals surface area contributed by atoms with Crippen molar-refractivity contribution in [2.24, 2.45) is 0 Å². The number of carbonyl (C=O) groups excluding carboxylic acids is 2. The summed E-state index contributed by atoms with van der Waals surface area (Å²) < 4.78 is 10.9. The lowest BCUT2D eigenvalue weighted by Crippen LogP contribution is -2.50. The van der Waals surface area contributed by atoms with Gasteiger partial charge in [0.2, 0.25) is 5.91 Å². The van der Waals surface area contributed by atoms with Gasteiger partial charge in [-0.05, 0) is 62.6 Å². The largest absolute Gasteiger partial charge is 0.497 e. The van der Waals surface area contributed by atoms with Gasteiger partial charge in [0.25, 0.3) is 5.91 Å². The average molecular weight is 413 g/mol. The number of ether oxygens (including phenoxy) is 2. The van der Waals surface area contributed by atoms with Crippen molar-refractivity contribution in [3.63, 3.8) is 0 Å². The Kier molecular flexibility index (Phi) is 8.71. The number of nitrogens with one attached hydrogen (secondary N) is 1. The molecule has 162 valence electrons. The van der Waals surface area contributed by atoms with E-state index < -0.39 is 6.04 Å². The van der Waals surface area contributed by atoms with E-state index >= 15 is 0 Å². The van der Waals surface area contributed by atoms with Crippen molar-refractivity contribution in [1.29, 1.82) is 0 Å². The van der Waals surface area contributed by atoms with Crippen LogP contribution in [0, 0.1) is 6.92 Å². The summed E-state index contributed by atoms with van der Waals surface area (Å²) in [6.07, 6.45) is 0.821. The van der Waals surface area contributed by atoms with Crippen LogP contribution >= 0.6 is 0 Å². The molecule has 30 heavy (non-hydrogen) atoms. The molecule has 0 radical (unpaired) electrons. The van der Waals surface area contributed by atoms with E-state index in [2.05, 4.69) is 5.32 Å². The van der Waals surface area contributed by atoms with Crippen LogP contribution in [0.2, 0.25) is 0 Å². The van der Waals surface area contributed by atoms with Crippen molar-refractivity contribution in [3.05, 3.63) is 59.7 Å². The fourth-order valence-corrected chi connectivity index (χ4v) is 2.91. The number of nitrogens with zero attached hydrogens (tertiary/aromatic N) is 1. The van der Waals surface area contributed by atoms with E-state index in [0.717, 1.165) is 23.3 Å². The molecule has 0 saturated carbocycles. The minimum atomic E-state index is -0.630. The van der Waals surface area contributed by atoms with Gasteiger partial charge >= 0.3 is 0 Å². The summed E-state index contributed by atoms with van der Waals surface area (Å²) in [6, 6.07) is 14.4. The molecule has 0 aliphatic heterocycles. The van der Waals surface area contributed by atoms with Gasteiger partial charge in [0.15, 0.2) is 6.61 Å². The molecule has 0 heterocycles. The van der Waals surface area contributed by atoms with Gasteiger partial charge in [-0.25, -0.2) is 0 Å². The number of hydrogen-bond acceptors (Lipinski definition) is 4. The molecule has 0 aliphatic carbocycles. The number of aryl methyl sites for hydroxylation is 1. The Hall–Kier alpha value is -3.02. The highest BCUT2D eigenvalue weighted by atomic mass is 16.5. The van der Waals surface area contributed by atoms with Gasteiger partial charge in [0.1, 0.15) is 17.5 Å². The second kappa shape index (κ2) is 11.2. The maximum absolute atomic E-state index is 13.0. The molecule has 2 atom stereocenters. The lowest BCUT2D eigenvalue weighted by atomic mass is 10.1. The van der Waals surface area contributed by atoms with Crippen LogP contribution in [-0.2, 0) is 16.1 Å². The number of carbonyl (C=O) groups is 2. The summed E-state index contributed by atoms with van der Waals surface area (Å²) >= 11 is 0. The van der Waals surface area contributed by atoms with Crippen LogP contribution in [0.5, 0.6) is 11.5 Å². The number of benzene rings is 2. The third-order valence-corrected chi connectivity index (χ3v) is 5.03. The standard InChI is InChI=1S/C24H32N2O4/c1-6-18(3)25-24(28)19(4)26(15-20-10-12-21(29-5)13-11-20)23(27)16-30-22-9-7-8-17(2)14-22/h7-14,18-19H,6,15-16H2,1-5H3,(H,25,28)/t18-,19-/m1/s1. The molecule has 6 heteroatoms. The van der Waals surface area contributed by atoms with E-state index in [1.807, 2.05) is 69.3 Å². The highest BCUT2D eigenvalue weighted by Gasteiger charge is 2.27. The number of hydrogen-bond donors (Lipinski definition) is 1. The maximum atomic E-state index is 13.0. The number of amides is 2. The van der Waals surface area contributed by atoms with E-state index in [1.54, 1.807) is 18.9 Å². The van der Waals surface area contributed by atoms with Gasteiger partial charge in [-0.1, -0.05) is 31.2 Å². The fraction of sp³-hybridized carbons (Fsp3) is 0.417. The molecule has 2 rings (SSSR count). The summed E-state index contributed by atoms with van der Waals surface area (Å²) in [7, 11) is 1.61. The summed E-state index contributed by atoms with van der Waals surface area (Å²) in [5.74, 6) is 0.937. The van der Waals surface area contributed by atoms with Crippen LogP contribution in [-0.4, -0.2) is 42.5 Å². The monoisotopic (exact) mass is 412 g/mol. The quantitative estimate of drug-likeness (QED) is 0.646. The van der Waals surface area contributed by atoms with Crippen LogP contribution < -0.4 is 14.8 Å². The van der Waals surface area contributed by atoms with E-state index in [1.165, 1.54) is 0 Å². The molecule has 2 amide bonds. The van der Waals surface area contributed by atoms with E-state index in [-0.39, 0.29) is 24.5 Å². The Bertz CT molecular complexity index is 835. The molecule has 6 nitrogen and oxygen atoms in total. The van der Waals surface area contributed by atoms with Gasteiger partial charge in [0.05, 0.1) is 7.11 Å². The second-order valence-electron chi connectivity index (χ2n) is 7.47. The zero-order chi connectivity index (χ0) is 22.1. The molecular weight excluding hydrogens is 380 g/mol. The Labute approximate surface area is 179 Å². The van der Waals surface area contributed by atoms with Crippen LogP contribution in [0.4, 0.5) is 0 Å². The van der Waals surface area contributed by atoms with Crippen LogP contribution in [0.25, 0.3) is 0 Å². The maximum Gasteiger partial charge on any atom is 0.261 e. The minimum absolute atomic E-state index is 0.0430. The predicted molar refractivity (Wildman–Crippen MR) is 118 cm³/mol. The topological polar surface area (TPSA) is 67.9 Å². The van der Waals surface area contributed by atoms with Gasteiger partial charge in [-0.2, -0.15) is 0 Å². The predicted octanol–water partition coefficient (Wildman–Crippen LogP) is 3.71. The second-order valence-corrected chi connectivity index (χ2v) is 7.47.